The minimum absolute atomic E-state index is 0.234. The molecule has 6 rings (SSSR count). The standard InChI is InChI=1S/C35H33F3N4O2/c36-35(37,38)27-16-11-24(12-17-27)22-40-29-6-4-5-28(20-29)39-21-23-9-13-25(14-10-23)33-41-31-19-26(34(43)44)15-18-32(31)42(33)30-7-2-1-3-8-30/h4-6,9-20,30,39-40H,1-3,7-8,21-22H2,(H,43,44). The van der Waals surface area contributed by atoms with Gasteiger partial charge in [0.05, 0.1) is 22.2 Å². The number of imidazole rings is 1. The monoisotopic (exact) mass is 598 g/mol. The molecule has 0 bridgehead atoms. The lowest BCUT2D eigenvalue weighted by atomic mass is 9.94. The molecule has 0 radical (unpaired) electrons. The molecular formula is C35H33F3N4O2. The van der Waals surface area contributed by atoms with Gasteiger partial charge in [0, 0.05) is 36.1 Å². The molecule has 0 saturated heterocycles. The van der Waals surface area contributed by atoms with Crippen molar-refractivity contribution in [3.05, 3.63) is 113 Å². The molecular weight excluding hydrogens is 565 g/mol. The van der Waals surface area contributed by atoms with Gasteiger partial charge in [-0.05, 0) is 72.5 Å². The van der Waals surface area contributed by atoms with Gasteiger partial charge >= 0.3 is 12.1 Å². The van der Waals surface area contributed by atoms with E-state index in [2.05, 4.69) is 39.5 Å². The molecule has 9 heteroatoms. The molecule has 0 spiro atoms. The number of anilines is 2. The van der Waals surface area contributed by atoms with Gasteiger partial charge in [-0.3, -0.25) is 0 Å². The van der Waals surface area contributed by atoms with Crippen LogP contribution in [0.3, 0.4) is 0 Å². The van der Waals surface area contributed by atoms with Gasteiger partial charge < -0.3 is 20.3 Å². The third-order valence-corrected chi connectivity index (χ3v) is 8.23. The summed E-state index contributed by atoms with van der Waals surface area (Å²) in [6, 6.07) is 26.8. The highest BCUT2D eigenvalue weighted by Crippen LogP contribution is 2.36. The number of hydrogen-bond acceptors (Lipinski definition) is 4. The highest BCUT2D eigenvalue weighted by Gasteiger charge is 2.30. The second-order valence-electron chi connectivity index (χ2n) is 11.3. The van der Waals surface area contributed by atoms with Gasteiger partial charge in [0.15, 0.2) is 0 Å². The summed E-state index contributed by atoms with van der Waals surface area (Å²) in [5.74, 6) is -0.0984. The zero-order chi connectivity index (χ0) is 30.7. The number of aromatic carboxylic acids is 1. The number of carboxylic acids is 1. The van der Waals surface area contributed by atoms with E-state index >= 15 is 0 Å². The molecule has 0 amide bonds. The van der Waals surface area contributed by atoms with Crippen LogP contribution >= 0.6 is 0 Å². The smallest absolute Gasteiger partial charge is 0.416 e. The average molecular weight is 599 g/mol. The lowest BCUT2D eigenvalue weighted by Gasteiger charge is -2.25. The number of benzene rings is 4. The summed E-state index contributed by atoms with van der Waals surface area (Å²) < 4.78 is 40.8. The fourth-order valence-electron chi connectivity index (χ4n) is 5.87. The zero-order valence-corrected chi connectivity index (χ0v) is 24.1. The van der Waals surface area contributed by atoms with Crippen LogP contribution in [0.4, 0.5) is 24.5 Å². The number of hydrogen-bond donors (Lipinski definition) is 3. The Morgan fingerprint density at radius 3 is 2.02 bits per heavy atom. The lowest BCUT2D eigenvalue weighted by Crippen LogP contribution is -2.14. The van der Waals surface area contributed by atoms with Crippen LogP contribution in [0, 0.1) is 0 Å². The molecule has 1 aromatic heterocycles. The second-order valence-corrected chi connectivity index (χ2v) is 11.3. The number of halogens is 3. The molecule has 1 fully saturated rings. The van der Waals surface area contributed by atoms with Crippen molar-refractivity contribution in [2.75, 3.05) is 10.6 Å². The van der Waals surface area contributed by atoms with E-state index in [-0.39, 0.29) is 5.56 Å². The van der Waals surface area contributed by atoms with Gasteiger partial charge in [-0.15, -0.1) is 0 Å². The first-order chi connectivity index (χ1) is 21.2. The summed E-state index contributed by atoms with van der Waals surface area (Å²) in [5.41, 5.74) is 5.86. The van der Waals surface area contributed by atoms with E-state index < -0.39 is 17.7 Å². The summed E-state index contributed by atoms with van der Waals surface area (Å²) in [6.07, 6.45) is 1.41. The summed E-state index contributed by atoms with van der Waals surface area (Å²) in [5, 5.41) is 16.2. The zero-order valence-electron chi connectivity index (χ0n) is 24.1. The van der Waals surface area contributed by atoms with Crippen molar-refractivity contribution >= 4 is 28.4 Å². The highest BCUT2D eigenvalue weighted by atomic mass is 19.4. The molecule has 5 aromatic rings. The summed E-state index contributed by atoms with van der Waals surface area (Å²) >= 11 is 0. The maximum Gasteiger partial charge on any atom is 0.416 e. The molecule has 226 valence electrons. The average Bonchev–Trinajstić information content (AvgIpc) is 3.42. The van der Waals surface area contributed by atoms with Gasteiger partial charge in [-0.25, -0.2) is 9.78 Å². The number of carbonyl (C=O) groups is 1. The predicted molar refractivity (Wildman–Crippen MR) is 167 cm³/mol. The number of nitrogens with zero attached hydrogens (tertiary/aromatic N) is 2. The van der Waals surface area contributed by atoms with Crippen LogP contribution in [0.2, 0.25) is 0 Å². The van der Waals surface area contributed by atoms with Gasteiger partial charge in [0.2, 0.25) is 0 Å². The van der Waals surface area contributed by atoms with E-state index in [0.717, 1.165) is 64.4 Å². The van der Waals surface area contributed by atoms with Crippen LogP contribution in [-0.4, -0.2) is 20.6 Å². The van der Waals surface area contributed by atoms with E-state index in [1.807, 2.05) is 30.3 Å². The third-order valence-electron chi connectivity index (χ3n) is 8.23. The third kappa shape index (κ3) is 6.56. The van der Waals surface area contributed by atoms with Crippen LogP contribution in [-0.2, 0) is 19.3 Å². The van der Waals surface area contributed by atoms with Crippen LogP contribution in [0.25, 0.3) is 22.4 Å². The molecule has 1 aliphatic rings. The maximum absolute atomic E-state index is 12.8. The van der Waals surface area contributed by atoms with Crippen molar-refractivity contribution in [3.63, 3.8) is 0 Å². The fourth-order valence-corrected chi connectivity index (χ4v) is 5.87. The molecule has 3 N–H and O–H groups in total. The Kier molecular flexibility index (Phi) is 8.28. The van der Waals surface area contributed by atoms with Gasteiger partial charge in [-0.1, -0.05) is 61.7 Å². The number of fused-ring (bicyclic) bond motifs is 1. The quantitative estimate of drug-likeness (QED) is 0.158. The Morgan fingerprint density at radius 1 is 0.818 bits per heavy atom. The molecule has 4 aromatic carbocycles. The van der Waals surface area contributed by atoms with Gasteiger partial charge in [0.25, 0.3) is 0 Å². The molecule has 1 heterocycles. The van der Waals surface area contributed by atoms with Gasteiger partial charge in [-0.2, -0.15) is 13.2 Å². The minimum Gasteiger partial charge on any atom is -0.478 e. The fraction of sp³-hybridized carbons (Fsp3) is 0.257. The van der Waals surface area contributed by atoms with E-state index in [1.54, 1.807) is 12.1 Å². The maximum atomic E-state index is 12.8. The van der Waals surface area contributed by atoms with E-state index in [4.69, 9.17) is 4.98 Å². The minimum atomic E-state index is -4.34. The van der Waals surface area contributed by atoms with Crippen LogP contribution in [0.1, 0.15) is 65.2 Å². The molecule has 0 atom stereocenters. The SMILES string of the molecule is O=C(O)c1ccc2c(c1)nc(-c1ccc(CNc3cccc(NCc4ccc(C(F)(F)F)cc4)c3)cc1)n2C1CCCCC1. The molecule has 44 heavy (non-hydrogen) atoms. The van der Waals surface area contributed by atoms with Crippen molar-refractivity contribution < 1.29 is 23.1 Å². The van der Waals surface area contributed by atoms with Crippen molar-refractivity contribution in [1.29, 1.82) is 0 Å². The van der Waals surface area contributed by atoms with Crippen molar-refractivity contribution in [3.8, 4) is 11.4 Å². The summed E-state index contributed by atoms with van der Waals surface area (Å²) in [6.45, 7) is 1.01. The molecule has 0 aliphatic heterocycles. The second kappa shape index (κ2) is 12.4. The summed E-state index contributed by atoms with van der Waals surface area (Å²) in [4.78, 5) is 16.5. The van der Waals surface area contributed by atoms with E-state index in [0.29, 0.717) is 24.6 Å². The Labute approximate surface area is 253 Å². The van der Waals surface area contributed by atoms with E-state index in [9.17, 15) is 23.1 Å². The Morgan fingerprint density at radius 2 is 1.43 bits per heavy atom. The predicted octanol–water partition coefficient (Wildman–Crippen LogP) is 9.15. The van der Waals surface area contributed by atoms with E-state index in [1.165, 1.54) is 31.4 Å². The first-order valence-corrected chi connectivity index (χ1v) is 14.8. The largest absolute Gasteiger partial charge is 0.478 e. The van der Waals surface area contributed by atoms with Gasteiger partial charge in [0.1, 0.15) is 5.82 Å². The molecule has 1 aliphatic carbocycles. The first kappa shape index (κ1) is 29.3. The molecule has 1 saturated carbocycles. The van der Waals surface area contributed by atoms with Crippen LogP contribution in [0.5, 0.6) is 0 Å². The summed E-state index contributed by atoms with van der Waals surface area (Å²) in [7, 11) is 0. The lowest BCUT2D eigenvalue weighted by molar-refractivity contribution is -0.137. The topological polar surface area (TPSA) is 79.2 Å². The Hall–Kier alpha value is -4.79. The van der Waals surface area contributed by atoms with Crippen molar-refractivity contribution in [2.45, 2.75) is 57.4 Å². The Bertz CT molecular complexity index is 1760. The number of carboxylic acid groups (broad SMARTS) is 1. The number of alkyl halides is 3. The first-order valence-electron chi connectivity index (χ1n) is 14.8. The number of nitrogens with one attached hydrogen (secondary N) is 2. The Balaban J connectivity index is 1.14. The number of rotatable bonds is 9. The molecule has 6 nitrogen and oxygen atoms in total. The van der Waals surface area contributed by atoms with Crippen LogP contribution in [0.15, 0.2) is 91.0 Å². The highest BCUT2D eigenvalue weighted by molar-refractivity contribution is 5.93. The van der Waals surface area contributed by atoms with Crippen molar-refractivity contribution in [2.24, 2.45) is 0 Å². The normalized spacial score (nSPS) is 14.1. The van der Waals surface area contributed by atoms with Crippen molar-refractivity contribution in [1.82, 2.24) is 9.55 Å². The molecule has 0 unspecified atom stereocenters. The number of aromatic nitrogens is 2. The van der Waals surface area contributed by atoms with Crippen LogP contribution < -0.4 is 10.6 Å².